The molecule has 2 heterocycles. The first-order chi connectivity index (χ1) is 18.5. The van der Waals surface area contributed by atoms with Crippen molar-refractivity contribution in [3.63, 3.8) is 0 Å². The zero-order valence-electron chi connectivity index (χ0n) is 19.4. The van der Waals surface area contributed by atoms with Crippen LogP contribution in [0.25, 0.3) is 0 Å². The largest absolute Gasteiger partial charge is 0.459 e. The number of aromatic amines is 1. The summed E-state index contributed by atoms with van der Waals surface area (Å²) in [5.74, 6) is -1.71. The summed E-state index contributed by atoms with van der Waals surface area (Å²) >= 11 is 2.92. The molecular formula is C22H16BrN5O11. The molecule has 0 unspecified atom stereocenters. The van der Waals surface area contributed by atoms with Gasteiger partial charge in [-0.05, 0) is 40.2 Å². The molecule has 4 rings (SSSR count). The van der Waals surface area contributed by atoms with Gasteiger partial charge >= 0.3 is 17.6 Å². The van der Waals surface area contributed by atoms with Crippen LogP contribution >= 0.6 is 15.9 Å². The number of esters is 2. The molecule has 0 aliphatic carbocycles. The highest BCUT2D eigenvalue weighted by molar-refractivity contribution is 9.10. The summed E-state index contributed by atoms with van der Waals surface area (Å²) in [4.78, 5) is 71.6. The zero-order valence-corrected chi connectivity index (χ0v) is 21.0. The van der Waals surface area contributed by atoms with Gasteiger partial charge in [0.05, 0.1) is 21.0 Å². The molecule has 3 aromatic rings. The van der Waals surface area contributed by atoms with Crippen molar-refractivity contribution < 1.29 is 33.6 Å². The lowest BCUT2D eigenvalue weighted by molar-refractivity contribution is -0.385. The van der Waals surface area contributed by atoms with Gasteiger partial charge in [0.25, 0.3) is 16.9 Å². The lowest BCUT2D eigenvalue weighted by atomic mass is 10.1. The quantitative estimate of drug-likeness (QED) is 0.221. The van der Waals surface area contributed by atoms with Crippen molar-refractivity contribution in [1.82, 2.24) is 14.8 Å². The summed E-state index contributed by atoms with van der Waals surface area (Å²) in [6.45, 7) is -0.455. The Morgan fingerprint density at radius 2 is 1.54 bits per heavy atom. The number of nitrogens with one attached hydrogen (secondary N) is 1. The van der Waals surface area contributed by atoms with E-state index in [1.165, 1.54) is 24.3 Å². The number of halogens is 1. The number of nitro benzene ring substituents is 2. The number of aromatic nitrogens is 3. The van der Waals surface area contributed by atoms with Gasteiger partial charge < -0.3 is 14.2 Å². The van der Waals surface area contributed by atoms with E-state index in [1.807, 2.05) is 4.98 Å². The second kappa shape index (κ2) is 11.3. The van der Waals surface area contributed by atoms with Crippen molar-refractivity contribution >= 4 is 39.2 Å². The maximum atomic E-state index is 12.7. The molecule has 1 N–H and O–H groups in total. The van der Waals surface area contributed by atoms with Crippen molar-refractivity contribution in [3.05, 3.63) is 105 Å². The minimum Gasteiger partial charge on any atom is -0.459 e. The van der Waals surface area contributed by atoms with Gasteiger partial charge in [-0.25, -0.2) is 14.4 Å². The standard InChI is InChI=1S/C22H16BrN5O11/c23-18-19(29)24-22(32)26(25-18)17-9-15(39-21(31)12-3-7-14(8-4-12)28(35)36)16(38-17)10-37-20(30)11-1-5-13(6-2-11)27(33)34/h1-8,15-17H,9-10H2,(H,24,29,32)/t15-,16+,17+/m0/s1. The fraction of sp³-hybridized carbons (Fsp3) is 0.227. The molecule has 202 valence electrons. The first-order valence-corrected chi connectivity index (χ1v) is 11.7. The molecule has 0 radical (unpaired) electrons. The van der Waals surface area contributed by atoms with E-state index in [1.54, 1.807) is 0 Å². The summed E-state index contributed by atoms with van der Waals surface area (Å²) in [6.07, 6.45) is -3.45. The monoisotopic (exact) mass is 605 g/mol. The van der Waals surface area contributed by atoms with Crippen LogP contribution in [0.2, 0.25) is 0 Å². The lowest BCUT2D eigenvalue weighted by Crippen LogP contribution is -2.35. The molecule has 39 heavy (non-hydrogen) atoms. The summed E-state index contributed by atoms with van der Waals surface area (Å²) in [5, 5.41) is 25.5. The molecule has 2 aromatic carbocycles. The molecule has 1 aliphatic heterocycles. The number of non-ortho nitro benzene ring substituents is 2. The predicted octanol–water partition coefficient (Wildman–Crippen LogP) is 1.88. The van der Waals surface area contributed by atoms with Crippen LogP contribution in [0.5, 0.6) is 0 Å². The van der Waals surface area contributed by atoms with Gasteiger partial charge in [-0.1, -0.05) is 0 Å². The Hall–Kier alpha value is -4.77. The highest BCUT2D eigenvalue weighted by atomic mass is 79.9. The maximum Gasteiger partial charge on any atom is 0.347 e. The van der Waals surface area contributed by atoms with E-state index in [4.69, 9.17) is 14.2 Å². The minimum absolute atomic E-state index is 0.00671. The Labute approximate surface area is 224 Å². The van der Waals surface area contributed by atoms with E-state index in [0.29, 0.717) is 0 Å². The van der Waals surface area contributed by atoms with Crippen LogP contribution in [-0.2, 0) is 14.2 Å². The first-order valence-electron chi connectivity index (χ1n) is 10.9. The van der Waals surface area contributed by atoms with Crippen LogP contribution < -0.4 is 11.2 Å². The van der Waals surface area contributed by atoms with Crippen LogP contribution in [0.4, 0.5) is 11.4 Å². The smallest absolute Gasteiger partial charge is 0.347 e. The second-order valence-electron chi connectivity index (χ2n) is 8.01. The van der Waals surface area contributed by atoms with Crippen molar-refractivity contribution in [2.75, 3.05) is 6.61 Å². The molecule has 0 bridgehead atoms. The third-order valence-corrected chi connectivity index (χ3v) is 6.05. The number of carbonyl (C=O) groups is 2. The van der Waals surface area contributed by atoms with Gasteiger partial charge in [0.15, 0.2) is 10.8 Å². The van der Waals surface area contributed by atoms with Crippen molar-refractivity contribution in [2.45, 2.75) is 24.9 Å². The number of hydrogen-bond donors (Lipinski definition) is 1. The third kappa shape index (κ3) is 6.21. The topological polar surface area (TPSA) is 216 Å². The molecule has 0 saturated carbocycles. The third-order valence-electron chi connectivity index (χ3n) is 5.53. The Bertz CT molecular complexity index is 1550. The Kier molecular flexibility index (Phi) is 7.91. The van der Waals surface area contributed by atoms with Gasteiger partial charge in [0, 0.05) is 30.7 Å². The van der Waals surface area contributed by atoms with Crippen LogP contribution in [0.1, 0.15) is 33.4 Å². The molecule has 0 spiro atoms. The molecule has 16 nitrogen and oxygen atoms in total. The van der Waals surface area contributed by atoms with E-state index in [2.05, 4.69) is 21.0 Å². The number of nitro groups is 2. The fourth-order valence-electron chi connectivity index (χ4n) is 3.60. The van der Waals surface area contributed by atoms with Crippen molar-refractivity contribution in [2.24, 2.45) is 0 Å². The summed E-state index contributed by atoms with van der Waals surface area (Å²) in [6, 6.07) is 9.28. The molecule has 0 amide bonds. The predicted molar refractivity (Wildman–Crippen MR) is 131 cm³/mol. The van der Waals surface area contributed by atoms with Gasteiger partial charge in [-0.2, -0.15) is 9.78 Å². The number of nitrogens with zero attached hydrogens (tertiary/aromatic N) is 4. The van der Waals surface area contributed by atoms with Crippen molar-refractivity contribution in [1.29, 1.82) is 0 Å². The number of ether oxygens (including phenoxy) is 3. The SMILES string of the molecule is O=C(OC[C@H]1O[C@@H](n2nc(Br)c(=O)[nH]c2=O)C[C@@H]1OC(=O)c1ccc([N+](=O)[O-])cc1)c1ccc([N+](=O)[O-])cc1. The average molecular weight is 606 g/mol. The van der Waals surface area contributed by atoms with E-state index >= 15 is 0 Å². The molecule has 1 saturated heterocycles. The molecular weight excluding hydrogens is 590 g/mol. The van der Waals surface area contributed by atoms with Gasteiger partial charge in [-0.15, -0.1) is 0 Å². The highest BCUT2D eigenvalue weighted by Gasteiger charge is 2.41. The van der Waals surface area contributed by atoms with Crippen LogP contribution in [0.15, 0.2) is 62.7 Å². The van der Waals surface area contributed by atoms with Crippen LogP contribution in [-0.4, -0.2) is 55.4 Å². The Morgan fingerprint density at radius 1 is 1.00 bits per heavy atom. The second-order valence-corrected chi connectivity index (χ2v) is 8.76. The normalized spacial score (nSPS) is 18.3. The molecule has 1 fully saturated rings. The average Bonchev–Trinajstić information content (AvgIpc) is 3.31. The Morgan fingerprint density at radius 3 is 2.08 bits per heavy atom. The first kappa shape index (κ1) is 27.3. The minimum atomic E-state index is -1.14. The molecule has 3 atom stereocenters. The fourth-order valence-corrected chi connectivity index (χ4v) is 3.87. The van der Waals surface area contributed by atoms with Crippen LogP contribution in [0, 0.1) is 20.2 Å². The summed E-state index contributed by atoms with van der Waals surface area (Å²) < 4.78 is 17.2. The van der Waals surface area contributed by atoms with Gasteiger partial charge in [0.2, 0.25) is 0 Å². The molecule has 1 aliphatic rings. The zero-order chi connectivity index (χ0) is 28.3. The number of H-pyrrole nitrogens is 1. The number of rotatable bonds is 8. The number of carbonyl (C=O) groups excluding carboxylic acids is 2. The summed E-state index contributed by atoms with van der Waals surface area (Å²) in [5.41, 5.74) is -2.14. The van der Waals surface area contributed by atoms with E-state index in [0.717, 1.165) is 28.9 Å². The number of hydrogen-bond acceptors (Lipinski definition) is 12. The van der Waals surface area contributed by atoms with Gasteiger partial charge in [0.1, 0.15) is 18.8 Å². The van der Waals surface area contributed by atoms with E-state index < -0.39 is 58.1 Å². The Balaban J connectivity index is 1.52. The maximum absolute atomic E-state index is 12.7. The van der Waals surface area contributed by atoms with E-state index in [-0.39, 0.29) is 33.5 Å². The number of benzene rings is 2. The van der Waals surface area contributed by atoms with Gasteiger partial charge in [-0.3, -0.25) is 30.0 Å². The summed E-state index contributed by atoms with van der Waals surface area (Å²) in [7, 11) is 0. The van der Waals surface area contributed by atoms with Crippen molar-refractivity contribution in [3.8, 4) is 0 Å². The molecule has 17 heteroatoms. The molecule has 1 aromatic heterocycles. The van der Waals surface area contributed by atoms with E-state index in [9.17, 15) is 39.4 Å². The van der Waals surface area contributed by atoms with Crippen LogP contribution in [0.3, 0.4) is 0 Å². The highest BCUT2D eigenvalue weighted by Crippen LogP contribution is 2.31. The lowest BCUT2D eigenvalue weighted by Gasteiger charge is -2.19.